The molecule has 2 N–H and O–H groups in total. The molecule has 1 aliphatic rings. The molecule has 0 bridgehead atoms. The number of carbonyl (C=O) groups is 1. The molecule has 3 rings (SSSR count). The zero-order valence-corrected chi connectivity index (χ0v) is 14.6. The fourth-order valence-corrected chi connectivity index (χ4v) is 2.74. The van der Waals surface area contributed by atoms with E-state index in [0.29, 0.717) is 23.8 Å². The summed E-state index contributed by atoms with van der Waals surface area (Å²) in [7, 11) is 2.14. The first-order valence-electron chi connectivity index (χ1n) is 8.09. The summed E-state index contributed by atoms with van der Waals surface area (Å²) >= 11 is 5.69. The average molecular weight is 366 g/mol. The summed E-state index contributed by atoms with van der Waals surface area (Å²) in [6.07, 6.45) is 3.56. The first-order chi connectivity index (χ1) is 12.0. The van der Waals surface area contributed by atoms with Crippen LogP contribution < -0.4 is 10.2 Å². The Bertz CT molecular complexity index is 806. The zero-order valence-electron chi connectivity index (χ0n) is 13.8. The van der Waals surface area contributed by atoms with Crippen LogP contribution in [0.1, 0.15) is 24.6 Å². The molecule has 132 valence electrons. The van der Waals surface area contributed by atoms with Crippen molar-refractivity contribution in [1.82, 2.24) is 10.1 Å². The van der Waals surface area contributed by atoms with Crippen LogP contribution in [0.25, 0.3) is 5.57 Å². The molecule has 1 aliphatic heterocycles. The lowest BCUT2D eigenvalue weighted by Gasteiger charge is -2.17. The highest BCUT2D eigenvalue weighted by Crippen LogP contribution is 2.20. The highest BCUT2D eigenvalue weighted by atomic mass is 35.5. The van der Waals surface area contributed by atoms with Crippen LogP contribution in [0.2, 0.25) is 5.02 Å². The quantitative estimate of drug-likeness (QED) is 0.846. The number of rotatable bonds is 5. The van der Waals surface area contributed by atoms with Gasteiger partial charge in [0.05, 0.1) is 25.2 Å². The summed E-state index contributed by atoms with van der Waals surface area (Å²) in [5, 5.41) is 6.62. The third-order valence-corrected chi connectivity index (χ3v) is 4.33. The third kappa shape index (κ3) is 4.64. The molecular formula is C17H19ClFN4O2+. The van der Waals surface area contributed by atoms with Crippen molar-refractivity contribution in [3.05, 3.63) is 46.8 Å². The van der Waals surface area contributed by atoms with Gasteiger partial charge in [0.25, 0.3) is 0 Å². The molecule has 2 heterocycles. The highest BCUT2D eigenvalue weighted by Gasteiger charge is 2.17. The van der Waals surface area contributed by atoms with Crippen LogP contribution in [-0.4, -0.2) is 36.2 Å². The van der Waals surface area contributed by atoms with E-state index in [1.807, 2.05) is 0 Å². The number of halogens is 2. The highest BCUT2D eigenvalue weighted by molar-refractivity contribution is 6.31. The molecule has 0 radical (unpaired) electrons. The number of likely N-dealkylation sites (N-methyl/N-ethyl adjacent to an activating group) is 1. The van der Waals surface area contributed by atoms with Crippen LogP contribution >= 0.6 is 11.6 Å². The number of amides is 1. The predicted molar refractivity (Wildman–Crippen MR) is 91.9 cm³/mol. The maximum Gasteiger partial charge on any atom is 0.227 e. The van der Waals surface area contributed by atoms with E-state index in [9.17, 15) is 9.18 Å². The normalized spacial score (nSPS) is 17.2. The van der Waals surface area contributed by atoms with Gasteiger partial charge in [0, 0.05) is 30.5 Å². The number of quaternary nitrogens is 1. The molecule has 1 aromatic carbocycles. The van der Waals surface area contributed by atoms with Gasteiger partial charge < -0.3 is 14.7 Å². The summed E-state index contributed by atoms with van der Waals surface area (Å²) in [6, 6.07) is 4.03. The summed E-state index contributed by atoms with van der Waals surface area (Å²) in [4.78, 5) is 17.8. The molecule has 1 atom stereocenters. The number of benzene rings is 1. The number of hydrogen-bond donors (Lipinski definition) is 2. The van der Waals surface area contributed by atoms with Crippen molar-refractivity contribution in [2.24, 2.45) is 0 Å². The minimum Gasteiger partial charge on any atom is -0.339 e. The summed E-state index contributed by atoms with van der Waals surface area (Å²) < 4.78 is 18.3. The first kappa shape index (κ1) is 17.6. The minimum atomic E-state index is -0.525. The maximum absolute atomic E-state index is 13.1. The Morgan fingerprint density at radius 2 is 2.32 bits per heavy atom. The van der Waals surface area contributed by atoms with E-state index in [1.54, 1.807) is 0 Å². The molecule has 0 saturated heterocycles. The van der Waals surface area contributed by atoms with Gasteiger partial charge in [-0.2, -0.15) is 4.98 Å². The molecule has 2 aromatic rings. The van der Waals surface area contributed by atoms with Crippen LogP contribution in [-0.2, 0) is 11.2 Å². The number of nitrogens with zero attached hydrogens (tertiary/aromatic N) is 2. The molecule has 0 spiro atoms. The minimum absolute atomic E-state index is 0.0346. The number of nitrogens with one attached hydrogen (secondary N) is 2. The number of carbonyl (C=O) groups excluding carboxylic acids is 1. The van der Waals surface area contributed by atoms with Crippen molar-refractivity contribution in [1.29, 1.82) is 0 Å². The molecule has 1 unspecified atom stereocenters. The van der Waals surface area contributed by atoms with Crippen molar-refractivity contribution in [2.75, 3.05) is 25.5 Å². The standard InChI is InChI=1S/C17H18ClFN4O2/c1-23-8-6-11(7-9-23)17-21-16(25-22-17)5-4-15(24)20-12-2-3-14(19)13(18)10-12/h2-3,6,10H,4-5,7-9H2,1H3,(H,20,24)/p+1. The molecule has 1 amide bonds. The van der Waals surface area contributed by atoms with Gasteiger partial charge in [0.2, 0.25) is 11.8 Å². The topological polar surface area (TPSA) is 72.5 Å². The van der Waals surface area contributed by atoms with Crippen molar-refractivity contribution in [2.45, 2.75) is 19.3 Å². The number of aromatic nitrogens is 2. The van der Waals surface area contributed by atoms with Gasteiger partial charge >= 0.3 is 0 Å². The molecule has 0 aliphatic carbocycles. The van der Waals surface area contributed by atoms with Gasteiger partial charge in [-0.15, -0.1) is 0 Å². The van der Waals surface area contributed by atoms with E-state index in [2.05, 4.69) is 28.6 Å². The van der Waals surface area contributed by atoms with E-state index < -0.39 is 5.82 Å². The molecule has 6 nitrogen and oxygen atoms in total. The zero-order chi connectivity index (χ0) is 17.8. The van der Waals surface area contributed by atoms with Crippen molar-refractivity contribution in [3.63, 3.8) is 0 Å². The van der Waals surface area contributed by atoms with E-state index >= 15 is 0 Å². The summed E-state index contributed by atoms with van der Waals surface area (Å²) in [6.45, 7) is 1.99. The van der Waals surface area contributed by atoms with Gasteiger partial charge in [-0.1, -0.05) is 16.8 Å². The molecule has 1 aromatic heterocycles. The van der Waals surface area contributed by atoms with E-state index in [-0.39, 0.29) is 17.4 Å². The monoisotopic (exact) mass is 365 g/mol. The summed E-state index contributed by atoms with van der Waals surface area (Å²) in [5.74, 6) is 0.273. The van der Waals surface area contributed by atoms with Gasteiger partial charge in [0.15, 0.2) is 5.82 Å². The van der Waals surface area contributed by atoms with Crippen LogP contribution in [0.15, 0.2) is 28.8 Å². The second-order valence-corrected chi connectivity index (χ2v) is 6.49. The van der Waals surface area contributed by atoms with Crippen LogP contribution in [0, 0.1) is 5.82 Å². The largest absolute Gasteiger partial charge is 0.339 e. The molecule has 8 heteroatoms. The van der Waals surface area contributed by atoms with Crippen LogP contribution in [0.5, 0.6) is 0 Å². The Morgan fingerprint density at radius 1 is 1.48 bits per heavy atom. The lowest BCUT2D eigenvalue weighted by Crippen LogP contribution is -3.09. The van der Waals surface area contributed by atoms with Crippen molar-refractivity contribution in [3.8, 4) is 0 Å². The first-order valence-corrected chi connectivity index (χ1v) is 8.47. The Labute approximate surface area is 149 Å². The average Bonchev–Trinajstić information content (AvgIpc) is 3.06. The van der Waals surface area contributed by atoms with Gasteiger partial charge in [-0.25, -0.2) is 4.39 Å². The fourth-order valence-electron chi connectivity index (χ4n) is 2.56. The second kappa shape index (κ2) is 7.76. The SMILES string of the molecule is C[NH+]1CC=C(c2noc(CCC(=O)Nc3ccc(F)c(Cl)c3)n2)CC1. The van der Waals surface area contributed by atoms with Crippen LogP contribution in [0.3, 0.4) is 0 Å². The Kier molecular flexibility index (Phi) is 5.45. The lowest BCUT2D eigenvalue weighted by atomic mass is 10.1. The fraction of sp³-hybridized carbons (Fsp3) is 0.353. The number of hydrogen-bond acceptors (Lipinski definition) is 4. The number of aryl methyl sites for hydroxylation is 1. The predicted octanol–water partition coefficient (Wildman–Crippen LogP) is 1.74. The van der Waals surface area contributed by atoms with Gasteiger partial charge in [-0.05, 0) is 24.3 Å². The molecular weight excluding hydrogens is 347 g/mol. The lowest BCUT2D eigenvalue weighted by molar-refractivity contribution is -0.874. The van der Waals surface area contributed by atoms with Gasteiger partial charge in [0.1, 0.15) is 5.82 Å². The number of anilines is 1. The van der Waals surface area contributed by atoms with E-state index in [0.717, 1.165) is 25.1 Å². The second-order valence-electron chi connectivity index (χ2n) is 6.08. The van der Waals surface area contributed by atoms with E-state index in [1.165, 1.54) is 23.1 Å². The van der Waals surface area contributed by atoms with Gasteiger partial charge in [-0.3, -0.25) is 4.79 Å². The molecule has 0 fully saturated rings. The van der Waals surface area contributed by atoms with Crippen molar-refractivity contribution >= 4 is 28.8 Å². The van der Waals surface area contributed by atoms with Crippen LogP contribution in [0.4, 0.5) is 10.1 Å². The molecule has 25 heavy (non-hydrogen) atoms. The Hall–Kier alpha value is -2.25. The van der Waals surface area contributed by atoms with E-state index in [4.69, 9.17) is 16.1 Å². The molecule has 0 saturated carbocycles. The third-order valence-electron chi connectivity index (χ3n) is 4.04. The smallest absolute Gasteiger partial charge is 0.227 e. The maximum atomic E-state index is 13.1. The van der Waals surface area contributed by atoms with Crippen molar-refractivity contribution < 1.29 is 18.6 Å². The Balaban J connectivity index is 1.53. The summed E-state index contributed by atoms with van der Waals surface area (Å²) in [5.41, 5.74) is 1.53. The Morgan fingerprint density at radius 3 is 3.04 bits per heavy atom.